The van der Waals surface area contributed by atoms with Crippen LogP contribution in [0.3, 0.4) is 0 Å². The largest absolute Gasteiger partial charge is 0.384 e. The molecule has 6 rings (SSSR count). The zero-order chi connectivity index (χ0) is 28.4. The molecule has 1 aliphatic rings. The van der Waals surface area contributed by atoms with Crippen molar-refractivity contribution in [1.29, 1.82) is 0 Å². The van der Waals surface area contributed by atoms with Crippen molar-refractivity contribution in [1.82, 2.24) is 9.88 Å². The minimum absolute atomic E-state index is 0.372. The number of morpholine rings is 1. The van der Waals surface area contributed by atoms with Gasteiger partial charge >= 0.3 is 0 Å². The molecule has 2 unspecified atom stereocenters. The van der Waals surface area contributed by atoms with Gasteiger partial charge in [0.25, 0.3) is 0 Å². The lowest BCUT2D eigenvalue weighted by atomic mass is 9.70. The Kier molecular flexibility index (Phi) is 8.09. The highest BCUT2D eigenvalue weighted by molar-refractivity contribution is 9.10. The van der Waals surface area contributed by atoms with E-state index in [1.165, 1.54) is 0 Å². The van der Waals surface area contributed by atoms with E-state index in [1.807, 2.05) is 12.1 Å². The highest BCUT2D eigenvalue weighted by Crippen LogP contribution is 2.49. The number of anilines is 1. The van der Waals surface area contributed by atoms with Gasteiger partial charge in [-0.1, -0.05) is 88.7 Å². The predicted molar refractivity (Wildman–Crippen MR) is 172 cm³/mol. The normalized spacial score (nSPS) is 16.3. The van der Waals surface area contributed by atoms with E-state index in [2.05, 4.69) is 125 Å². The first-order valence-electron chi connectivity index (χ1n) is 14.3. The number of hydrogen-bond acceptors (Lipinski definition) is 5. The number of benzene rings is 4. The summed E-state index contributed by atoms with van der Waals surface area (Å²) in [6, 6.07) is 33.6. The van der Waals surface area contributed by atoms with E-state index in [1.54, 1.807) is 0 Å². The molecule has 41 heavy (non-hydrogen) atoms. The molecular weight excluding hydrogens is 574 g/mol. The highest BCUT2D eigenvalue weighted by Gasteiger charge is 2.43. The zero-order valence-corrected chi connectivity index (χ0v) is 25.2. The van der Waals surface area contributed by atoms with E-state index in [4.69, 9.17) is 9.72 Å². The Balaban J connectivity index is 1.67. The van der Waals surface area contributed by atoms with Crippen LogP contribution in [0, 0.1) is 0 Å². The second kappa shape index (κ2) is 11.9. The Morgan fingerprint density at radius 2 is 1.63 bits per heavy atom. The summed E-state index contributed by atoms with van der Waals surface area (Å²) in [5, 5.41) is 16.6. The summed E-state index contributed by atoms with van der Waals surface area (Å²) < 4.78 is 6.73. The monoisotopic (exact) mass is 609 g/mol. The van der Waals surface area contributed by atoms with Crippen LogP contribution in [0.4, 0.5) is 5.82 Å². The number of aromatic nitrogens is 1. The maximum atomic E-state index is 13.3. The minimum atomic E-state index is -1.23. The van der Waals surface area contributed by atoms with E-state index in [0.717, 1.165) is 68.3 Å². The average Bonchev–Trinajstić information content (AvgIpc) is 3.00. The quantitative estimate of drug-likeness (QED) is 0.206. The van der Waals surface area contributed by atoms with Gasteiger partial charge in [0.15, 0.2) is 0 Å². The number of aliphatic hydroxyl groups is 1. The Morgan fingerprint density at radius 3 is 2.41 bits per heavy atom. The van der Waals surface area contributed by atoms with Crippen LogP contribution in [-0.4, -0.2) is 61.9 Å². The van der Waals surface area contributed by atoms with Gasteiger partial charge in [0.05, 0.1) is 18.7 Å². The number of ether oxygens (including phenoxy) is 1. The summed E-state index contributed by atoms with van der Waals surface area (Å²) in [4.78, 5) is 9.75. The van der Waals surface area contributed by atoms with Crippen LogP contribution in [0.2, 0.25) is 0 Å². The fourth-order valence-electron chi connectivity index (χ4n) is 6.18. The molecule has 0 radical (unpaired) electrons. The van der Waals surface area contributed by atoms with Gasteiger partial charge < -0.3 is 19.6 Å². The van der Waals surface area contributed by atoms with Gasteiger partial charge in [-0.15, -0.1) is 0 Å². The van der Waals surface area contributed by atoms with E-state index in [0.29, 0.717) is 19.6 Å². The summed E-state index contributed by atoms with van der Waals surface area (Å²) in [6.07, 6.45) is 0.548. The second-order valence-corrected chi connectivity index (χ2v) is 12.1. The Hall–Kier alpha value is -3.29. The third-order valence-electron chi connectivity index (χ3n) is 8.21. The van der Waals surface area contributed by atoms with Crippen LogP contribution in [0.25, 0.3) is 21.7 Å². The van der Waals surface area contributed by atoms with E-state index < -0.39 is 5.60 Å². The molecule has 0 saturated carbocycles. The number of rotatable bonds is 8. The van der Waals surface area contributed by atoms with Crippen molar-refractivity contribution in [3.63, 3.8) is 0 Å². The summed E-state index contributed by atoms with van der Waals surface area (Å²) >= 11 is 3.67. The molecule has 0 aliphatic carbocycles. The third-order valence-corrected chi connectivity index (χ3v) is 8.71. The molecular formula is C35H36BrN3O2. The van der Waals surface area contributed by atoms with E-state index in [9.17, 15) is 5.11 Å². The molecule has 0 spiro atoms. The van der Waals surface area contributed by atoms with Crippen LogP contribution in [-0.2, 0) is 10.3 Å². The van der Waals surface area contributed by atoms with E-state index in [-0.39, 0.29) is 5.92 Å². The summed E-state index contributed by atoms with van der Waals surface area (Å²) in [6.45, 7) is 3.55. The van der Waals surface area contributed by atoms with Gasteiger partial charge in [-0.05, 0) is 66.7 Å². The van der Waals surface area contributed by atoms with Gasteiger partial charge in [-0.2, -0.15) is 0 Å². The van der Waals surface area contributed by atoms with Crippen molar-refractivity contribution in [2.45, 2.75) is 17.9 Å². The Labute approximate surface area is 250 Å². The lowest BCUT2D eigenvalue weighted by Crippen LogP contribution is -2.41. The van der Waals surface area contributed by atoms with Gasteiger partial charge in [0.2, 0.25) is 0 Å². The minimum Gasteiger partial charge on any atom is -0.384 e. The molecule has 1 aliphatic heterocycles. The predicted octanol–water partition coefficient (Wildman–Crippen LogP) is 6.96. The Bertz CT molecular complexity index is 1650. The molecule has 6 heteroatoms. The van der Waals surface area contributed by atoms with E-state index >= 15 is 0 Å². The van der Waals surface area contributed by atoms with Gasteiger partial charge in [0.1, 0.15) is 11.4 Å². The molecule has 4 aromatic carbocycles. The Morgan fingerprint density at radius 1 is 0.902 bits per heavy atom. The standard InChI is InChI=1S/C35H36BrN3O2/c1-38(2)18-17-35(40,31-14-8-12-25-9-6-7-13-29(25)31)33(26-10-4-3-5-11-26)30-24-27-23-28(36)15-16-32(27)37-34(30)39-19-21-41-22-20-39/h3-16,23-24,33,40H,17-22H2,1-2H3. The topological polar surface area (TPSA) is 48.8 Å². The fourth-order valence-corrected chi connectivity index (χ4v) is 6.56. The fraction of sp³-hybridized carbons (Fsp3) is 0.286. The third kappa shape index (κ3) is 5.62. The molecule has 0 amide bonds. The maximum Gasteiger partial charge on any atom is 0.133 e. The van der Waals surface area contributed by atoms with Crippen molar-refractivity contribution in [3.8, 4) is 0 Å². The number of fused-ring (bicyclic) bond motifs is 2. The number of halogens is 1. The van der Waals surface area contributed by atoms with Crippen LogP contribution in [0.15, 0.2) is 102 Å². The number of hydrogen-bond donors (Lipinski definition) is 1. The molecule has 1 N–H and O–H groups in total. The summed E-state index contributed by atoms with van der Waals surface area (Å²) in [5.41, 5.74) is 2.74. The lowest BCUT2D eigenvalue weighted by molar-refractivity contribution is 0.00589. The first kappa shape index (κ1) is 27.9. The van der Waals surface area contributed by atoms with Gasteiger partial charge in [-0.25, -0.2) is 4.98 Å². The molecule has 1 fully saturated rings. The zero-order valence-electron chi connectivity index (χ0n) is 23.6. The summed E-state index contributed by atoms with van der Waals surface area (Å²) in [7, 11) is 4.13. The molecule has 2 heterocycles. The van der Waals surface area contributed by atoms with Crippen molar-refractivity contribution < 1.29 is 9.84 Å². The first-order chi connectivity index (χ1) is 19.9. The molecule has 5 aromatic rings. The van der Waals surface area contributed by atoms with Gasteiger partial charge in [-0.3, -0.25) is 0 Å². The molecule has 1 saturated heterocycles. The molecule has 5 nitrogen and oxygen atoms in total. The van der Waals surface area contributed by atoms with Crippen LogP contribution >= 0.6 is 15.9 Å². The van der Waals surface area contributed by atoms with Crippen molar-refractivity contribution in [2.75, 3.05) is 51.8 Å². The van der Waals surface area contributed by atoms with Crippen LogP contribution < -0.4 is 4.90 Å². The first-order valence-corrected chi connectivity index (χ1v) is 15.1. The molecule has 210 valence electrons. The lowest BCUT2D eigenvalue weighted by Gasteiger charge is -2.41. The van der Waals surface area contributed by atoms with Crippen LogP contribution in [0.5, 0.6) is 0 Å². The maximum absolute atomic E-state index is 13.3. The molecule has 1 aromatic heterocycles. The second-order valence-electron chi connectivity index (χ2n) is 11.2. The number of pyridine rings is 1. The SMILES string of the molecule is CN(C)CCC(O)(c1cccc2ccccc12)C(c1ccccc1)c1cc2cc(Br)ccc2nc1N1CCOCC1. The van der Waals surface area contributed by atoms with Crippen molar-refractivity contribution >= 4 is 43.4 Å². The van der Waals surface area contributed by atoms with Crippen molar-refractivity contribution in [2.24, 2.45) is 0 Å². The number of nitrogens with zero attached hydrogens (tertiary/aromatic N) is 3. The average molecular weight is 611 g/mol. The molecule has 2 atom stereocenters. The van der Waals surface area contributed by atoms with Gasteiger partial charge in [0, 0.05) is 41.0 Å². The van der Waals surface area contributed by atoms with Crippen LogP contribution in [0.1, 0.15) is 29.0 Å². The highest BCUT2D eigenvalue weighted by atomic mass is 79.9. The smallest absolute Gasteiger partial charge is 0.133 e. The van der Waals surface area contributed by atoms with Crippen molar-refractivity contribution in [3.05, 3.63) is 118 Å². The molecule has 0 bridgehead atoms. The summed E-state index contributed by atoms with van der Waals surface area (Å²) in [5.74, 6) is 0.545.